The number of halogens is 3. The van der Waals surface area contributed by atoms with E-state index in [0.29, 0.717) is 26.1 Å². The van der Waals surface area contributed by atoms with E-state index in [2.05, 4.69) is 6.07 Å². The molecule has 112 valence electrons. The van der Waals surface area contributed by atoms with Crippen molar-refractivity contribution >= 4 is 0 Å². The van der Waals surface area contributed by atoms with Gasteiger partial charge in [0.2, 0.25) is 0 Å². The van der Waals surface area contributed by atoms with Crippen LogP contribution in [0.3, 0.4) is 0 Å². The van der Waals surface area contributed by atoms with Gasteiger partial charge in [-0.15, -0.1) is 0 Å². The molecule has 2 nitrogen and oxygen atoms in total. The summed E-state index contributed by atoms with van der Waals surface area (Å²) in [7, 11) is 0. The van der Waals surface area contributed by atoms with Crippen LogP contribution in [0.15, 0.2) is 24.3 Å². The first-order valence-electron chi connectivity index (χ1n) is 6.92. The fourth-order valence-electron chi connectivity index (χ4n) is 3.02. The highest BCUT2D eigenvalue weighted by Gasteiger charge is 2.35. The Morgan fingerprint density at radius 3 is 2.70 bits per heavy atom. The fraction of sp³-hybridized carbons (Fsp3) is 0.600. The summed E-state index contributed by atoms with van der Waals surface area (Å²) in [4.78, 5) is 2.04. The van der Waals surface area contributed by atoms with Gasteiger partial charge in [-0.05, 0) is 24.8 Å². The van der Waals surface area contributed by atoms with Crippen LogP contribution in [0.2, 0.25) is 0 Å². The second-order valence-electron chi connectivity index (χ2n) is 5.86. The lowest BCUT2D eigenvalue weighted by atomic mass is 9.91. The molecule has 2 rings (SSSR count). The predicted molar refractivity (Wildman–Crippen MR) is 73.2 cm³/mol. The van der Waals surface area contributed by atoms with E-state index in [1.165, 1.54) is 0 Å². The molecule has 1 aromatic carbocycles. The van der Waals surface area contributed by atoms with Gasteiger partial charge in [0, 0.05) is 32.1 Å². The molecule has 0 bridgehead atoms. The average molecular weight is 286 g/mol. The van der Waals surface area contributed by atoms with Crippen LogP contribution in [0.5, 0.6) is 0 Å². The third-order valence-electron chi connectivity index (χ3n) is 3.65. The Hall–Kier alpha value is -1.07. The molecule has 2 N–H and O–H groups in total. The molecule has 1 aromatic rings. The van der Waals surface area contributed by atoms with Gasteiger partial charge < -0.3 is 5.73 Å². The van der Waals surface area contributed by atoms with Crippen molar-refractivity contribution in [1.29, 1.82) is 0 Å². The van der Waals surface area contributed by atoms with Crippen LogP contribution >= 0.6 is 0 Å². The largest absolute Gasteiger partial charge is 0.389 e. The van der Waals surface area contributed by atoms with E-state index >= 15 is 0 Å². The summed E-state index contributed by atoms with van der Waals surface area (Å²) in [5.41, 5.74) is 8.20. The number of nitrogens with zero attached hydrogens (tertiary/aromatic N) is 1. The third kappa shape index (κ3) is 4.80. The standard InChI is InChI=1S/C15H21F3N2/c1-11-3-2-4-12(5-11)8-20-9-13(6-14(19)10-20)7-15(16,17)18/h2-5,13-14H,6-10,19H2,1H3. The quantitative estimate of drug-likeness (QED) is 0.925. The molecule has 1 aliphatic heterocycles. The molecule has 0 amide bonds. The van der Waals surface area contributed by atoms with E-state index in [4.69, 9.17) is 5.73 Å². The van der Waals surface area contributed by atoms with E-state index in [-0.39, 0.29) is 12.0 Å². The monoisotopic (exact) mass is 286 g/mol. The van der Waals surface area contributed by atoms with E-state index in [1.807, 2.05) is 30.0 Å². The average Bonchev–Trinajstić information content (AvgIpc) is 2.25. The van der Waals surface area contributed by atoms with Gasteiger partial charge in [-0.1, -0.05) is 29.8 Å². The van der Waals surface area contributed by atoms with Gasteiger partial charge in [0.1, 0.15) is 0 Å². The molecule has 2 unspecified atom stereocenters. The van der Waals surface area contributed by atoms with E-state index in [9.17, 15) is 13.2 Å². The lowest BCUT2D eigenvalue weighted by Gasteiger charge is -2.36. The zero-order valence-electron chi connectivity index (χ0n) is 11.7. The van der Waals surface area contributed by atoms with Gasteiger partial charge in [-0.25, -0.2) is 0 Å². The maximum Gasteiger partial charge on any atom is 0.389 e. The van der Waals surface area contributed by atoms with Crippen LogP contribution in [0.1, 0.15) is 24.0 Å². The van der Waals surface area contributed by atoms with Crippen molar-refractivity contribution in [3.8, 4) is 0 Å². The number of aryl methyl sites for hydroxylation is 1. The van der Waals surface area contributed by atoms with Crippen molar-refractivity contribution in [1.82, 2.24) is 4.90 Å². The molecule has 0 radical (unpaired) electrons. The SMILES string of the molecule is Cc1cccc(CN2CC(N)CC(CC(F)(F)F)C2)c1. The molecule has 0 aromatic heterocycles. The Morgan fingerprint density at radius 2 is 2.05 bits per heavy atom. The molecule has 0 saturated carbocycles. The number of rotatable bonds is 3. The zero-order chi connectivity index (χ0) is 14.8. The number of nitrogens with two attached hydrogens (primary N) is 1. The molecule has 0 spiro atoms. The highest BCUT2D eigenvalue weighted by atomic mass is 19.4. The molecule has 1 saturated heterocycles. The van der Waals surface area contributed by atoms with Gasteiger partial charge in [-0.2, -0.15) is 13.2 Å². The van der Waals surface area contributed by atoms with Crippen molar-refractivity contribution in [2.75, 3.05) is 13.1 Å². The first-order valence-corrected chi connectivity index (χ1v) is 6.92. The highest BCUT2D eigenvalue weighted by molar-refractivity contribution is 5.22. The maximum absolute atomic E-state index is 12.5. The molecular weight excluding hydrogens is 265 g/mol. The van der Waals surface area contributed by atoms with Crippen molar-refractivity contribution in [3.05, 3.63) is 35.4 Å². The summed E-state index contributed by atoms with van der Waals surface area (Å²) >= 11 is 0. The number of piperidine rings is 1. The van der Waals surface area contributed by atoms with Crippen LogP contribution in [0, 0.1) is 12.8 Å². The van der Waals surface area contributed by atoms with E-state index in [0.717, 1.165) is 11.1 Å². The van der Waals surface area contributed by atoms with Crippen LogP contribution in [0.25, 0.3) is 0 Å². The van der Waals surface area contributed by atoms with Crippen molar-refractivity contribution in [3.63, 3.8) is 0 Å². The molecule has 5 heteroatoms. The summed E-state index contributed by atoms with van der Waals surface area (Å²) in [6.07, 6.45) is -4.37. The first-order chi connectivity index (χ1) is 9.32. The Labute approximate surface area is 117 Å². The van der Waals surface area contributed by atoms with Gasteiger partial charge in [0.15, 0.2) is 0 Å². The van der Waals surface area contributed by atoms with E-state index in [1.54, 1.807) is 0 Å². The van der Waals surface area contributed by atoms with Crippen LogP contribution in [0.4, 0.5) is 13.2 Å². The van der Waals surface area contributed by atoms with Gasteiger partial charge in [0.05, 0.1) is 0 Å². The molecule has 1 fully saturated rings. The number of hydrogen-bond donors (Lipinski definition) is 1. The summed E-state index contributed by atoms with van der Waals surface area (Å²) < 4.78 is 37.5. The summed E-state index contributed by atoms with van der Waals surface area (Å²) in [5.74, 6) is -0.386. The summed E-state index contributed by atoms with van der Waals surface area (Å²) in [5, 5.41) is 0. The molecule has 1 heterocycles. The van der Waals surface area contributed by atoms with Crippen LogP contribution in [-0.2, 0) is 6.54 Å². The summed E-state index contributed by atoms with van der Waals surface area (Å²) in [6.45, 7) is 3.82. The lowest BCUT2D eigenvalue weighted by molar-refractivity contribution is -0.148. The highest BCUT2D eigenvalue weighted by Crippen LogP contribution is 2.30. The van der Waals surface area contributed by atoms with Crippen LogP contribution in [-0.4, -0.2) is 30.2 Å². The maximum atomic E-state index is 12.5. The number of benzene rings is 1. The second kappa shape index (κ2) is 6.14. The fourth-order valence-corrected chi connectivity index (χ4v) is 3.02. The lowest BCUT2D eigenvalue weighted by Crippen LogP contribution is -2.47. The third-order valence-corrected chi connectivity index (χ3v) is 3.65. The van der Waals surface area contributed by atoms with Gasteiger partial charge in [-0.3, -0.25) is 4.90 Å². The molecule has 0 aliphatic carbocycles. The van der Waals surface area contributed by atoms with Gasteiger partial charge >= 0.3 is 6.18 Å². The Morgan fingerprint density at radius 1 is 1.30 bits per heavy atom. The number of hydrogen-bond acceptors (Lipinski definition) is 2. The smallest absolute Gasteiger partial charge is 0.327 e. The second-order valence-corrected chi connectivity index (χ2v) is 5.86. The van der Waals surface area contributed by atoms with E-state index < -0.39 is 12.6 Å². The van der Waals surface area contributed by atoms with Gasteiger partial charge in [0.25, 0.3) is 0 Å². The molecular formula is C15H21F3N2. The topological polar surface area (TPSA) is 29.3 Å². The summed E-state index contributed by atoms with van der Waals surface area (Å²) in [6, 6.07) is 7.89. The number of alkyl halides is 3. The first kappa shape index (κ1) is 15.3. The van der Waals surface area contributed by atoms with Crippen molar-refractivity contribution in [2.45, 2.75) is 38.5 Å². The minimum atomic E-state index is -4.10. The minimum Gasteiger partial charge on any atom is -0.327 e. The zero-order valence-corrected chi connectivity index (χ0v) is 11.7. The Kier molecular flexibility index (Phi) is 4.70. The number of likely N-dealkylation sites (tertiary alicyclic amines) is 1. The van der Waals surface area contributed by atoms with Crippen LogP contribution < -0.4 is 5.73 Å². The normalized spacial score (nSPS) is 24.9. The Balaban J connectivity index is 1.97. The molecule has 1 aliphatic rings. The Bertz CT molecular complexity index is 445. The molecule has 2 atom stereocenters. The minimum absolute atomic E-state index is 0.166. The molecule has 20 heavy (non-hydrogen) atoms. The van der Waals surface area contributed by atoms with Crippen molar-refractivity contribution < 1.29 is 13.2 Å². The van der Waals surface area contributed by atoms with Crippen molar-refractivity contribution in [2.24, 2.45) is 11.7 Å². The predicted octanol–water partition coefficient (Wildman–Crippen LogP) is 3.10.